The molecule has 30 heavy (non-hydrogen) atoms. The van der Waals surface area contributed by atoms with Crippen LogP contribution in [-0.2, 0) is 11.3 Å². The Morgan fingerprint density at radius 2 is 2.00 bits per heavy atom. The first-order valence-electron chi connectivity index (χ1n) is 10.7. The summed E-state index contributed by atoms with van der Waals surface area (Å²) >= 11 is 0. The van der Waals surface area contributed by atoms with Gasteiger partial charge in [0.1, 0.15) is 0 Å². The zero-order valence-corrected chi connectivity index (χ0v) is 17.2. The summed E-state index contributed by atoms with van der Waals surface area (Å²) in [6, 6.07) is 9.22. The fourth-order valence-electron chi connectivity index (χ4n) is 5.31. The van der Waals surface area contributed by atoms with Gasteiger partial charge >= 0.3 is 0 Å². The molecular weight excluding hydrogens is 382 g/mol. The van der Waals surface area contributed by atoms with E-state index in [0.29, 0.717) is 31.4 Å². The van der Waals surface area contributed by atoms with Crippen LogP contribution in [0.25, 0.3) is 0 Å². The molecule has 0 radical (unpaired) electrons. The molecule has 2 bridgehead atoms. The standard InChI is InChI=1S/C22H27N5O3/c1-30-20-8-7-19(23-24-20)25-9-3-4-16(13-25)22(29)26-11-15-10-17(14-26)18-5-2-6-21(28)27(18)12-15/h2,5-8,15-17H,3-4,9-14H2,1H3/t15-,16-,17+/m1/s1. The molecule has 8 nitrogen and oxygen atoms in total. The minimum atomic E-state index is -0.0283. The highest BCUT2D eigenvalue weighted by atomic mass is 16.5. The Labute approximate surface area is 175 Å². The zero-order chi connectivity index (χ0) is 20.7. The van der Waals surface area contributed by atoms with Crippen LogP contribution in [0, 0.1) is 11.8 Å². The first kappa shape index (κ1) is 19.1. The van der Waals surface area contributed by atoms with Crippen molar-refractivity contribution in [3.8, 4) is 5.88 Å². The van der Waals surface area contributed by atoms with E-state index in [-0.39, 0.29) is 23.3 Å². The summed E-state index contributed by atoms with van der Waals surface area (Å²) in [5, 5.41) is 8.31. The smallest absolute Gasteiger partial charge is 0.250 e. The molecule has 3 atom stereocenters. The Morgan fingerprint density at radius 1 is 1.10 bits per heavy atom. The Hall–Kier alpha value is -2.90. The van der Waals surface area contributed by atoms with E-state index in [0.717, 1.165) is 43.9 Å². The van der Waals surface area contributed by atoms with Crippen LogP contribution in [0.5, 0.6) is 5.88 Å². The van der Waals surface area contributed by atoms with E-state index in [9.17, 15) is 9.59 Å². The molecule has 1 amide bonds. The van der Waals surface area contributed by atoms with Crippen molar-refractivity contribution in [1.82, 2.24) is 19.7 Å². The maximum Gasteiger partial charge on any atom is 0.250 e. The number of pyridine rings is 1. The van der Waals surface area contributed by atoms with Crippen LogP contribution in [0.1, 0.15) is 30.9 Å². The van der Waals surface area contributed by atoms with E-state index in [1.54, 1.807) is 19.2 Å². The van der Waals surface area contributed by atoms with Gasteiger partial charge in [0.05, 0.1) is 13.0 Å². The first-order chi connectivity index (χ1) is 14.6. The van der Waals surface area contributed by atoms with E-state index >= 15 is 0 Å². The number of piperidine rings is 2. The number of hydrogen-bond acceptors (Lipinski definition) is 6. The molecular formula is C22H27N5O3. The predicted molar refractivity (Wildman–Crippen MR) is 112 cm³/mol. The second-order valence-electron chi connectivity index (χ2n) is 8.66. The summed E-state index contributed by atoms with van der Waals surface area (Å²) in [4.78, 5) is 29.8. The van der Waals surface area contributed by atoms with Crippen LogP contribution < -0.4 is 15.2 Å². The first-order valence-corrected chi connectivity index (χ1v) is 10.7. The molecule has 158 valence electrons. The van der Waals surface area contributed by atoms with Gasteiger partial charge in [0.2, 0.25) is 11.8 Å². The van der Waals surface area contributed by atoms with Crippen molar-refractivity contribution >= 4 is 11.7 Å². The van der Waals surface area contributed by atoms with Gasteiger partial charge in [0.25, 0.3) is 5.56 Å². The number of carbonyl (C=O) groups is 1. The van der Waals surface area contributed by atoms with Crippen LogP contribution in [0.15, 0.2) is 35.1 Å². The van der Waals surface area contributed by atoms with Gasteiger partial charge in [0, 0.05) is 56.5 Å². The number of amides is 1. The third-order valence-electron chi connectivity index (χ3n) is 6.72. The van der Waals surface area contributed by atoms with E-state index in [1.807, 2.05) is 27.7 Å². The number of methoxy groups -OCH3 is 1. The fourth-order valence-corrected chi connectivity index (χ4v) is 5.31. The zero-order valence-electron chi connectivity index (χ0n) is 17.2. The van der Waals surface area contributed by atoms with Gasteiger partial charge in [-0.3, -0.25) is 9.59 Å². The topological polar surface area (TPSA) is 80.6 Å². The number of aromatic nitrogens is 3. The van der Waals surface area contributed by atoms with Crippen molar-refractivity contribution in [2.45, 2.75) is 31.7 Å². The number of ether oxygens (including phenoxy) is 1. The third-order valence-corrected chi connectivity index (χ3v) is 6.72. The van der Waals surface area contributed by atoms with Crippen molar-refractivity contribution < 1.29 is 9.53 Å². The summed E-state index contributed by atoms with van der Waals surface area (Å²) in [6.07, 6.45) is 2.93. The minimum Gasteiger partial charge on any atom is -0.480 e. The molecule has 2 fully saturated rings. The largest absolute Gasteiger partial charge is 0.480 e. The molecule has 0 aromatic carbocycles. The number of rotatable bonds is 3. The van der Waals surface area contributed by atoms with Crippen molar-refractivity contribution in [3.63, 3.8) is 0 Å². The Balaban J connectivity index is 1.29. The average Bonchev–Trinajstić information content (AvgIpc) is 2.79. The SMILES string of the molecule is COc1ccc(N2CCC[C@@H](C(=O)N3C[C@H]4C[C@@H](C3)c3cccc(=O)n3C4)C2)nn1. The van der Waals surface area contributed by atoms with Gasteiger partial charge < -0.3 is 19.1 Å². The van der Waals surface area contributed by atoms with Gasteiger partial charge in [-0.25, -0.2) is 0 Å². The molecule has 2 aromatic heterocycles. The van der Waals surface area contributed by atoms with Gasteiger partial charge in [-0.2, -0.15) is 0 Å². The monoisotopic (exact) mass is 409 g/mol. The lowest BCUT2D eigenvalue weighted by Crippen LogP contribution is -2.52. The van der Waals surface area contributed by atoms with E-state index in [4.69, 9.17) is 4.74 Å². The highest BCUT2D eigenvalue weighted by molar-refractivity contribution is 5.80. The summed E-state index contributed by atoms with van der Waals surface area (Å²) < 4.78 is 7.00. The summed E-state index contributed by atoms with van der Waals surface area (Å²) in [5.74, 6) is 2.09. The van der Waals surface area contributed by atoms with Crippen molar-refractivity contribution in [3.05, 3.63) is 46.4 Å². The van der Waals surface area contributed by atoms with Gasteiger partial charge in [-0.15, -0.1) is 10.2 Å². The molecule has 8 heteroatoms. The Bertz CT molecular complexity index is 989. The predicted octanol–water partition coefficient (Wildman–Crippen LogP) is 1.51. The van der Waals surface area contributed by atoms with E-state index in [2.05, 4.69) is 15.1 Å². The number of fused-ring (bicyclic) bond motifs is 4. The molecule has 0 saturated carbocycles. The second-order valence-corrected chi connectivity index (χ2v) is 8.66. The van der Waals surface area contributed by atoms with Crippen LogP contribution in [-0.4, -0.2) is 58.9 Å². The molecule has 2 aromatic rings. The fraction of sp³-hybridized carbons (Fsp3) is 0.545. The molecule has 0 aliphatic carbocycles. The summed E-state index contributed by atoms with van der Waals surface area (Å²) in [7, 11) is 1.57. The number of carbonyl (C=O) groups excluding carboxylic acids is 1. The second kappa shape index (κ2) is 7.74. The van der Waals surface area contributed by atoms with Gasteiger partial charge in [0.15, 0.2) is 5.82 Å². The summed E-state index contributed by atoms with van der Waals surface area (Å²) in [5.41, 5.74) is 1.15. The van der Waals surface area contributed by atoms with Crippen LogP contribution in [0.2, 0.25) is 0 Å². The lowest BCUT2D eigenvalue weighted by molar-refractivity contribution is -0.138. The van der Waals surface area contributed by atoms with Crippen molar-refractivity contribution in [2.24, 2.45) is 11.8 Å². The third kappa shape index (κ3) is 3.44. The van der Waals surface area contributed by atoms with E-state index in [1.165, 1.54) is 0 Å². The normalized spacial score (nSPS) is 25.6. The molecule has 0 unspecified atom stereocenters. The van der Waals surface area contributed by atoms with E-state index < -0.39 is 0 Å². The highest BCUT2D eigenvalue weighted by Crippen LogP contribution is 2.36. The lowest BCUT2D eigenvalue weighted by atomic mass is 9.82. The number of likely N-dealkylation sites (tertiary alicyclic amines) is 1. The lowest BCUT2D eigenvalue weighted by Gasteiger charge is -2.44. The maximum absolute atomic E-state index is 13.4. The molecule has 5 heterocycles. The van der Waals surface area contributed by atoms with Gasteiger partial charge in [-0.05, 0) is 37.3 Å². The average molecular weight is 409 g/mol. The molecule has 5 rings (SSSR count). The molecule has 3 aliphatic heterocycles. The van der Waals surface area contributed by atoms with Gasteiger partial charge in [-0.1, -0.05) is 6.07 Å². The van der Waals surface area contributed by atoms with Crippen LogP contribution in [0.4, 0.5) is 5.82 Å². The molecule has 0 spiro atoms. The highest BCUT2D eigenvalue weighted by Gasteiger charge is 2.39. The Kier molecular flexibility index (Phi) is 4.92. The Morgan fingerprint density at radius 3 is 2.80 bits per heavy atom. The quantitative estimate of drug-likeness (QED) is 0.765. The van der Waals surface area contributed by atoms with Crippen molar-refractivity contribution in [1.29, 1.82) is 0 Å². The number of hydrogen-bond donors (Lipinski definition) is 0. The molecule has 3 aliphatic rings. The summed E-state index contributed by atoms with van der Waals surface area (Å²) in [6.45, 7) is 3.72. The number of anilines is 1. The molecule has 2 saturated heterocycles. The minimum absolute atomic E-state index is 0.0283. The molecule has 0 N–H and O–H groups in total. The van der Waals surface area contributed by atoms with Crippen LogP contribution >= 0.6 is 0 Å². The van der Waals surface area contributed by atoms with Crippen molar-refractivity contribution in [2.75, 3.05) is 38.2 Å². The maximum atomic E-state index is 13.4. The van der Waals surface area contributed by atoms with Crippen LogP contribution in [0.3, 0.4) is 0 Å². The number of nitrogens with zero attached hydrogens (tertiary/aromatic N) is 5.